The summed E-state index contributed by atoms with van der Waals surface area (Å²) in [5, 5.41) is 0. The van der Waals surface area contributed by atoms with Crippen molar-refractivity contribution in [3.05, 3.63) is 46.0 Å². The first-order valence-corrected chi connectivity index (χ1v) is 8.23. The van der Waals surface area contributed by atoms with E-state index in [1.807, 2.05) is 13.0 Å². The van der Waals surface area contributed by atoms with E-state index in [1.165, 1.54) is 19.6 Å². The monoisotopic (exact) mass is 348 g/mol. The largest absolute Gasteiger partial charge is 0.489 e. The van der Waals surface area contributed by atoms with Crippen molar-refractivity contribution in [1.82, 2.24) is 0 Å². The molecule has 5 nitrogen and oxygen atoms in total. The van der Waals surface area contributed by atoms with Crippen LogP contribution in [0.5, 0.6) is 0 Å². The van der Waals surface area contributed by atoms with E-state index in [0.717, 1.165) is 18.4 Å². The molecule has 0 saturated carbocycles. The van der Waals surface area contributed by atoms with Gasteiger partial charge in [-0.3, -0.25) is 14.4 Å². The van der Waals surface area contributed by atoms with E-state index >= 15 is 0 Å². The van der Waals surface area contributed by atoms with Gasteiger partial charge in [-0.25, -0.2) is 0 Å². The average molecular weight is 348 g/mol. The first-order valence-electron chi connectivity index (χ1n) is 8.23. The highest BCUT2D eigenvalue weighted by Crippen LogP contribution is 2.28. The van der Waals surface area contributed by atoms with Crippen LogP contribution < -0.4 is 0 Å². The van der Waals surface area contributed by atoms with E-state index in [1.54, 1.807) is 6.92 Å². The first kappa shape index (κ1) is 20.6. The molecule has 0 fully saturated rings. The average Bonchev–Trinajstić information content (AvgIpc) is 2.52. The third-order valence-electron chi connectivity index (χ3n) is 3.88. The molecule has 1 aliphatic carbocycles. The van der Waals surface area contributed by atoms with Crippen molar-refractivity contribution in [2.24, 2.45) is 0 Å². The van der Waals surface area contributed by atoms with Gasteiger partial charge in [0.15, 0.2) is 0 Å². The molecule has 0 radical (unpaired) electrons. The van der Waals surface area contributed by atoms with Gasteiger partial charge in [0, 0.05) is 18.1 Å². The number of esters is 1. The summed E-state index contributed by atoms with van der Waals surface area (Å²) in [4.78, 5) is 36.2. The lowest BCUT2D eigenvalue weighted by molar-refractivity contribution is -0.140. The molecule has 0 aromatic rings. The summed E-state index contributed by atoms with van der Waals surface area (Å²) < 4.78 is 9.92. The van der Waals surface area contributed by atoms with Crippen molar-refractivity contribution >= 4 is 17.5 Å². The minimum absolute atomic E-state index is 0.212. The highest BCUT2D eigenvalue weighted by molar-refractivity contribution is 6.23. The SMILES string of the molecule is COC1=C(OC(C)=O)C(=O)C(C)=C([14CH2]/C=C(\C)CCC=C(C)C)C1=O. The van der Waals surface area contributed by atoms with Crippen LogP contribution in [0.3, 0.4) is 0 Å². The molecule has 0 aliphatic heterocycles. The summed E-state index contributed by atoms with van der Waals surface area (Å²) in [6, 6.07) is 0. The van der Waals surface area contributed by atoms with Gasteiger partial charge in [0.1, 0.15) is 0 Å². The van der Waals surface area contributed by atoms with E-state index in [0.29, 0.717) is 12.0 Å². The Morgan fingerprint density at radius 3 is 2.24 bits per heavy atom. The van der Waals surface area contributed by atoms with Gasteiger partial charge in [-0.1, -0.05) is 23.3 Å². The normalized spacial score (nSPS) is 15.5. The van der Waals surface area contributed by atoms with E-state index in [9.17, 15) is 14.4 Å². The Kier molecular flexibility index (Phi) is 7.55. The molecular weight excluding hydrogens is 322 g/mol. The zero-order valence-electron chi connectivity index (χ0n) is 15.8. The van der Waals surface area contributed by atoms with Crippen LogP contribution in [0, 0.1) is 0 Å². The number of ether oxygens (including phenoxy) is 2. The number of ketones is 2. The zero-order chi connectivity index (χ0) is 19.1. The maximum atomic E-state index is 12.6. The summed E-state index contributed by atoms with van der Waals surface area (Å²) in [6.07, 6.45) is 6.29. The predicted molar refractivity (Wildman–Crippen MR) is 95.6 cm³/mol. The molecular formula is C20H26O5. The van der Waals surface area contributed by atoms with Gasteiger partial charge in [0.25, 0.3) is 0 Å². The fraction of sp³-hybridized carbons (Fsp3) is 0.450. The molecule has 0 atom stereocenters. The Labute approximate surface area is 149 Å². The molecule has 0 amide bonds. The van der Waals surface area contributed by atoms with Crippen LogP contribution in [0.25, 0.3) is 0 Å². The second kappa shape index (κ2) is 9.16. The van der Waals surface area contributed by atoms with E-state index in [2.05, 4.69) is 19.9 Å². The highest BCUT2D eigenvalue weighted by atomic mass is 16.6. The molecule has 1 rings (SSSR count). The number of allylic oxidation sites excluding steroid dienone is 6. The smallest absolute Gasteiger partial charge is 0.308 e. The van der Waals surface area contributed by atoms with Crippen LogP contribution in [-0.2, 0) is 23.9 Å². The molecule has 0 saturated heterocycles. The van der Waals surface area contributed by atoms with Gasteiger partial charge >= 0.3 is 5.97 Å². The van der Waals surface area contributed by atoms with Crippen molar-refractivity contribution in [2.45, 2.75) is 53.9 Å². The fourth-order valence-corrected chi connectivity index (χ4v) is 2.46. The Balaban J connectivity index is 3.00. The second-order valence-corrected chi connectivity index (χ2v) is 6.29. The number of Topliss-reactive ketones (excluding diaryl/α,β-unsaturated/α-hetero) is 2. The van der Waals surface area contributed by atoms with Crippen LogP contribution in [0.2, 0.25) is 0 Å². The summed E-state index contributed by atoms with van der Waals surface area (Å²) in [6.45, 7) is 8.85. The summed E-state index contributed by atoms with van der Waals surface area (Å²) in [5.74, 6) is -2.11. The Hall–Kier alpha value is -2.43. The van der Waals surface area contributed by atoms with Crippen LogP contribution in [0.1, 0.15) is 53.9 Å². The Bertz CT molecular complexity index is 698. The number of hydrogen-bond donors (Lipinski definition) is 0. The van der Waals surface area contributed by atoms with E-state index < -0.39 is 17.5 Å². The molecule has 0 heterocycles. The van der Waals surface area contributed by atoms with Crippen LogP contribution in [0.15, 0.2) is 46.0 Å². The number of methoxy groups -OCH3 is 1. The third-order valence-corrected chi connectivity index (χ3v) is 3.88. The molecule has 0 aromatic heterocycles. The maximum Gasteiger partial charge on any atom is 0.308 e. The molecule has 0 N–H and O–H groups in total. The topological polar surface area (TPSA) is 69.7 Å². The minimum atomic E-state index is -0.669. The molecule has 136 valence electrons. The van der Waals surface area contributed by atoms with Gasteiger partial charge in [0.2, 0.25) is 23.1 Å². The lowest BCUT2D eigenvalue weighted by atomic mass is 9.98. The molecule has 25 heavy (non-hydrogen) atoms. The third kappa shape index (κ3) is 5.55. The second-order valence-electron chi connectivity index (χ2n) is 6.29. The van der Waals surface area contributed by atoms with Crippen molar-refractivity contribution in [3.63, 3.8) is 0 Å². The van der Waals surface area contributed by atoms with Crippen LogP contribution in [0.4, 0.5) is 0 Å². The van der Waals surface area contributed by atoms with Gasteiger partial charge in [-0.05, 0) is 47.0 Å². The van der Waals surface area contributed by atoms with E-state index in [-0.39, 0.29) is 17.1 Å². The maximum absolute atomic E-state index is 12.6. The minimum Gasteiger partial charge on any atom is -0.489 e. The Morgan fingerprint density at radius 1 is 1.08 bits per heavy atom. The number of carbonyl (C=O) groups is 3. The molecule has 0 unspecified atom stereocenters. The Morgan fingerprint density at radius 2 is 1.72 bits per heavy atom. The fourth-order valence-electron chi connectivity index (χ4n) is 2.46. The molecule has 0 spiro atoms. The van der Waals surface area contributed by atoms with Crippen molar-refractivity contribution in [1.29, 1.82) is 0 Å². The lowest BCUT2D eigenvalue weighted by Crippen LogP contribution is -2.26. The molecule has 1 aliphatic rings. The van der Waals surface area contributed by atoms with Gasteiger partial charge in [0.05, 0.1) is 7.11 Å². The highest BCUT2D eigenvalue weighted by Gasteiger charge is 2.35. The first-order chi connectivity index (χ1) is 11.7. The predicted octanol–water partition coefficient (Wildman–Crippen LogP) is 3.96. The molecule has 0 bridgehead atoms. The molecule has 0 aromatic carbocycles. The quantitative estimate of drug-likeness (QED) is 0.396. The van der Waals surface area contributed by atoms with Crippen LogP contribution >= 0.6 is 0 Å². The number of rotatable bonds is 7. The van der Waals surface area contributed by atoms with Crippen molar-refractivity contribution in [2.75, 3.05) is 7.11 Å². The number of hydrogen-bond acceptors (Lipinski definition) is 5. The zero-order valence-corrected chi connectivity index (χ0v) is 15.8. The van der Waals surface area contributed by atoms with Crippen molar-refractivity contribution < 1.29 is 23.9 Å². The summed E-state index contributed by atoms with van der Waals surface area (Å²) in [5.41, 5.74) is 3.08. The molecule has 5 heteroatoms. The van der Waals surface area contributed by atoms with Crippen LogP contribution in [-0.4, -0.2) is 24.6 Å². The summed E-state index contributed by atoms with van der Waals surface area (Å²) in [7, 11) is 1.28. The standard InChI is InChI=1S/C20H26O5/c1-12(2)8-7-9-13(3)10-11-16-14(4)17(22)20(25-15(5)21)19(24-6)18(16)23/h8,10H,7,9,11H2,1-6H3/b13-10+/i11+2. The lowest BCUT2D eigenvalue weighted by Gasteiger charge is -2.19. The van der Waals surface area contributed by atoms with Gasteiger partial charge in [-0.15, -0.1) is 0 Å². The van der Waals surface area contributed by atoms with Gasteiger partial charge < -0.3 is 9.47 Å². The van der Waals surface area contributed by atoms with Crippen molar-refractivity contribution in [3.8, 4) is 0 Å². The summed E-state index contributed by atoms with van der Waals surface area (Å²) >= 11 is 0. The van der Waals surface area contributed by atoms with Gasteiger partial charge in [-0.2, -0.15) is 0 Å². The van der Waals surface area contributed by atoms with E-state index in [4.69, 9.17) is 9.47 Å². The number of carbonyl (C=O) groups excluding carboxylic acids is 3.